The Kier molecular flexibility index (Phi) is 6.17. The van der Waals surface area contributed by atoms with E-state index in [-0.39, 0.29) is 6.10 Å². The van der Waals surface area contributed by atoms with Crippen molar-refractivity contribution in [2.45, 2.75) is 51.6 Å². The van der Waals surface area contributed by atoms with E-state index in [9.17, 15) is 5.11 Å². The minimum Gasteiger partial charge on any atom is -0.392 e. The van der Waals surface area contributed by atoms with Gasteiger partial charge in [-0.2, -0.15) is 0 Å². The molecule has 0 spiro atoms. The van der Waals surface area contributed by atoms with Crippen molar-refractivity contribution in [3.63, 3.8) is 0 Å². The van der Waals surface area contributed by atoms with E-state index in [0.29, 0.717) is 12.3 Å². The van der Waals surface area contributed by atoms with Gasteiger partial charge in [-0.15, -0.1) is 11.8 Å². The number of hydrogen-bond acceptors (Lipinski definition) is 3. The number of thiocarbonyl (C=S) groups is 1. The summed E-state index contributed by atoms with van der Waals surface area (Å²) in [5.74, 6) is 1.13. The molecule has 1 nitrogen and oxygen atoms in total. The fourth-order valence-corrected chi connectivity index (χ4v) is 2.92. The van der Waals surface area contributed by atoms with Crippen LogP contribution < -0.4 is 0 Å². The van der Waals surface area contributed by atoms with Gasteiger partial charge in [-0.1, -0.05) is 51.2 Å². The summed E-state index contributed by atoms with van der Waals surface area (Å²) in [6.45, 7) is 2.18. The summed E-state index contributed by atoms with van der Waals surface area (Å²) in [5.41, 5.74) is 0. The van der Waals surface area contributed by atoms with Crippen molar-refractivity contribution >= 4 is 28.2 Å². The van der Waals surface area contributed by atoms with Gasteiger partial charge >= 0.3 is 0 Å². The van der Waals surface area contributed by atoms with Crippen molar-refractivity contribution in [3.8, 4) is 0 Å². The highest BCUT2D eigenvalue weighted by Crippen LogP contribution is 2.32. The summed E-state index contributed by atoms with van der Waals surface area (Å²) in [6.07, 6.45) is 9.10. The summed E-state index contributed by atoms with van der Waals surface area (Å²) in [6, 6.07) is 0. The summed E-state index contributed by atoms with van der Waals surface area (Å²) in [7, 11) is 0. The maximum absolute atomic E-state index is 10.1. The fraction of sp³-hybridized carbons (Fsp3) is 0.917. The average Bonchev–Trinajstić information content (AvgIpc) is 2.29. The second kappa shape index (κ2) is 6.87. The molecule has 3 heteroatoms. The molecule has 1 saturated carbocycles. The van der Waals surface area contributed by atoms with Crippen molar-refractivity contribution < 1.29 is 5.11 Å². The van der Waals surface area contributed by atoms with Gasteiger partial charge in [0.25, 0.3) is 0 Å². The number of hydrogen-bond donors (Lipinski definition) is 1. The van der Waals surface area contributed by atoms with Crippen molar-refractivity contribution in [3.05, 3.63) is 0 Å². The molecule has 0 aliphatic heterocycles. The Hall–Kier alpha value is 0.400. The SMILES string of the molecule is CSC(=S)C[C@@H](O)[C@H](C)C1CCCCC1. The zero-order chi connectivity index (χ0) is 11.3. The average molecular weight is 246 g/mol. The normalized spacial score (nSPS) is 22.3. The number of thioether (sulfide) groups is 1. The minimum atomic E-state index is -0.229. The van der Waals surface area contributed by atoms with Crippen LogP contribution in [0.25, 0.3) is 0 Å². The maximum atomic E-state index is 10.1. The van der Waals surface area contributed by atoms with Gasteiger partial charge in [-0.25, -0.2) is 0 Å². The largest absolute Gasteiger partial charge is 0.392 e. The van der Waals surface area contributed by atoms with E-state index in [0.717, 1.165) is 10.1 Å². The number of aliphatic hydroxyl groups is 1. The van der Waals surface area contributed by atoms with Crippen molar-refractivity contribution in [1.29, 1.82) is 0 Å². The first-order chi connectivity index (χ1) is 7.15. The molecule has 0 heterocycles. The Labute approximate surface area is 103 Å². The van der Waals surface area contributed by atoms with Crippen molar-refractivity contribution in [1.82, 2.24) is 0 Å². The molecule has 1 aliphatic carbocycles. The predicted octanol–water partition coefficient (Wildman–Crippen LogP) is 3.64. The van der Waals surface area contributed by atoms with Crippen molar-refractivity contribution in [2.24, 2.45) is 11.8 Å². The van der Waals surface area contributed by atoms with Crippen LogP contribution in [0.3, 0.4) is 0 Å². The Bertz CT molecular complexity index is 200. The Morgan fingerprint density at radius 1 is 1.40 bits per heavy atom. The quantitative estimate of drug-likeness (QED) is 0.765. The van der Waals surface area contributed by atoms with Gasteiger partial charge < -0.3 is 5.11 Å². The second-order valence-electron chi connectivity index (χ2n) is 4.60. The first-order valence-corrected chi connectivity index (χ1v) is 7.53. The molecule has 1 aliphatic rings. The maximum Gasteiger partial charge on any atom is 0.0622 e. The van der Waals surface area contributed by atoms with Crippen LogP contribution in [0.4, 0.5) is 0 Å². The second-order valence-corrected chi connectivity index (χ2v) is 6.26. The molecule has 0 bridgehead atoms. The molecule has 1 N–H and O–H groups in total. The van der Waals surface area contributed by atoms with E-state index >= 15 is 0 Å². The summed E-state index contributed by atoms with van der Waals surface area (Å²) >= 11 is 6.74. The molecular formula is C12H22OS2. The van der Waals surface area contributed by atoms with E-state index in [2.05, 4.69) is 6.92 Å². The molecule has 0 amide bonds. The lowest BCUT2D eigenvalue weighted by molar-refractivity contribution is 0.0754. The minimum absolute atomic E-state index is 0.229. The zero-order valence-electron chi connectivity index (χ0n) is 9.74. The zero-order valence-corrected chi connectivity index (χ0v) is 11.4. The van der Waals surface area contributed by atoms with Gasteiger partial charge in [0, 0.05) is 6.42 Å². The Morgan fingerprint density at radius 2 is 2.00 bits per heavy atom. The van der Waals surface area contributed by atoms with Gasteiger partial charge in [0.15, 0.2) is 0 Å². The standard InChI is InChI=1S/C12H22OS2/c1-9(10-6-4-3-5-7-10)11(13)8-12(14)15-2/h9-11,13H,3-8H2,1-2H3/t9-,11-/m1/s1. The van der Waals surface area contributed by atoms with Crippen molar-refractivity contribution in [2.75, 3.05) is 6.26 Å². The molecular weight excluding hydrogens is 224 g/mol. The van der Waals surface area contributed by atoms with Gasteiger partial charge in [0.1, 0.15) is 0 Å². The molecule has 0 radical (unpaired) electrons. The van der Waals surface area contributed by atoms with Crippen LogP contribution in [0.1, 0.15) is 45.4 Å². The Balaban J connectivity index is 2.36. The van der Waals surface area contributed by atoms with E-state index in [1.807, 2.05) is 6.26 Å². The van der Waals surface area contributed by atoms with E-state index in [4.69, 9.17) is 12.2 Å². The lowest BCUT2D eigenvalue weighted by Crippen LogP contribution is -2.28. The van der Waals surface area contributed by atoms with E-state index in [1.54, 1.807) is 11.8 Å². The third-order valence-electron chi connectivity index (χ3n) is 3.60. The third kappa shape index (κ3) is 4.41. The van der Waals surface area contributed by atoms with Crippen LogP contribution in [0, 0.1) is 11.8 Å². The first-order valence-electron chi connectivity index (χ1n) is 5.90. The van der Waals surface area contributed by atoms with Crippen LogP contribution in [0.2, 0.25) is 0 Å². The van der Waals surface area contributed by atoms with Gasteiger partial charge in [0.05, 0.1) is 10.3 Å². The third-order valence-corrected chi connectivity index (χ3v) is 4.89. The van der Waals surface area contributed by atoms with Crippen LogP contribution in [-0.2, 0) is 0 Å². The van der Waals surface area contributed by atoms with Gasteiger partial charge in [0.2, 0.25) is 0 Å². The van der Waals surface area contributed by atoms with Crippen LogP contribution in [0.15, 0.2) is 0 Å². The van der Waals surface area contributed by atoms with E-state index in [1.165, 1.54) is 32.1 Å². The number of rotatable bonds is 4. The molecule has 88 valence electrons. The highest BCUT2D eigenvalue weighted by atomic mass is 32.2. The highest BCUT2D eigenvalue weighted by molar-refractivity contribution is 8.22. The molecule has 0 saturated heterocycles. The van der Waals surface area contributed by atoms with Gasteiger partial charge in [-0.05, 0) is 18.1 Å². The molecule has 1 fully saturated rings. The molecule has 15 heavy (non-hydrogen) atoms. The van der Waals surface area contributed by atoms with Crippen LogP contribution in [0.5, 0.6) is 0 Å². The summed E-state index contributed by atoms with van der Waals surface area (Å²) < 4.78 is 0.935. The summed E-state index contributed by atoms with van der Waals surface area (Å²) in [4.78, 5) is 0. The topological polar surface area (TPSA) is 20.2 Å². The predicted molar refractivity (Wildman–Crippen MR) is 72.5 cm³/mol. The van der Waals surface area contributed by atoms with E-state index < -0.39 is 0 Å². The molecule has 0 aromatic rings. The smallest absolute Gasteiger partial charge is 0.0622 e. The monoisotopic (exact) mass is 246 g/mol. The molecule has 2 atom stereocenters. The van der Waals surface area contributed by atoms with Gasteiger partial charge in [-0.3, -0.25) is 0 Å². The van der Waals surface area contributed by atoms with Crippen LogP contribution in [-0.4, -0.2) is 21.7 Å². The summed E-state index contributed by atoms with van der Waals surface area (Å²) in [5, 5.41) is 10.1. The van der Waals surface area contributed by atoms with Crippen LogP contribution >= 0.6 is 24.0 Å². The Morgan fingerprint density at radius 3 is 2.53 bits per heavy atom. The molecule has 1 rings (SSSR count). The lowest BCUT2D eigenvalue weighted by Gasteiger charge is -2.30. The first kappa shape index (κ1) is 13.5. The lowest BCUT2D eigenvalue weighted by atomic mass is 9.78. The fourth-order valence-electron chi connectivity index (χ4n) is 2.41. The molecule has 0 unspecified atom stereocenters. The highest BCUT2D eigenvalue weighted by Gasteiger charge is 2.26. The molecule has 0 aromatic heterocycles. The number of aliphatic hydroxyl groups excluding tert-OH is 1. The molecule has 0 aromatic carbocycles.